The minimum Gasteiger partial charge on any atom is -0.338 e. The highest BCUT2D eigenvalue weighted by molar-refractivity contribution is 5.79. The highest BCUT2D eigenvalue weighted by Gasteiger charge is 2.31. The lowest BCUT2D eigenvalue weighted by Crippen LogP contribution is -2.41. The fraction of sp³-hybridized carbons (Fsp3) is 0.500. The third-order valence-electron chi connectivity index (χ3n) is 5.61. The molecule has 0 spiro atoms. The molecule has 0 aromatic carbocycles. The molecule has 1 aliphatic carbocycles. The molecule has 130 valence electrons. The van der Waals surface area contributed by atoms with Crippen LogP contribution in [-0.4, -0.2) is 32.3 Å². The van der Waals surface area contributed by atoms with E-state index in [0.717, 1.165) is 54.2 Å². The number of pyridine rings is 1. The third-order valence-corrected chi connectivity index (χ3v) is 5.61. The molecule has 1 fully saturated rings. The monoisotopic (exact) mass is 336 g/mol. The predicted octanol–water partition coefficient (Wildman–Crippen LogP) is 3.25. The van der Waals surface area contributed by atoms with Crippen molar-refractivity contribution in [3.05, 3.63) is 42.1 Å². The van der Waals surface area contributed by atoms with Crippen molar-refractivity contribution >= 4 is 5.91 Å². The Morgan fingerprint density at radius 3 is 2.80 bits per heavy atom. The van der Waals surface area contributed by atoms with Crippen molar-refractivity contribution in [3.63, 3.8) is 0 Å². The van der Waals surface area contributed by atoms with E-state index < -0.39 is 0 Å². The van der Waals surface area contributed by atoms with Gasteiger partial charge in [-0.05, 0) is 43.7 Å². The van der Waals surface area contributed by atoms with E-state index in [9.17, 15) is 4.79 Å². The van der Waals surface area contributed by atoms with Gasteiger partial charge in [0.2, 0.25) is 5.91 Å². The van der Waals surface area contributed by atoms with Crippen LogP contribution >= 0.6 is 0 Å². The van der Waals surface area contributed by atoms with E-state index in [-0.39, 0.29) is 5.92 Å². The minimum atomic E-state index is 0.198. The van der Waals surface area contributed by atoms with E-state index in [2.05, 4.69) is 21.9 Å². The Morgan fingerprint density at radius 2 is 2.04 bits per heavy atom. The summed E-state index contributed by atoms with van der Waals surface area (Å²) in [7, 11) is 0. The first-order valence-corrected chi connectivity index (χ1v) is 9.24. The molecule has 0 bridgehead atoms. The molecule has 2 aromatic rings. The maximum Gasteiger partial charge on any atom is 0.225 e. The maximum atomic E-state index is 13.0. The molecule has 1 aliphatic heterocycles. The topological polar surface area (TPSA) is 59.0 Å². The predicted molar refractivity (Wildman–Crippen MR) is 95.5 cm³/mol. The summed E-state index contributed by atoms with van der Waals surface area (Å²) in [5.74, 6) is 1.28. The van der Waals surface area contributed by atoms with Crippen LogP contribution in [0.2, 0.25) is 0 Å². The molecule has 1 saturated carbocycles. The second kappa shape index (κ2) is 6.90. The van der Waals surface area contributed by atoms with Crippen molar-refractivity contribution in [2.24, 2.45) is 11.8 Å². The molecule has 5 nitrogen and oxygen atoms in total. The average molecular weight is 336 g/mol. The number of aromatic nitrogens is 3. The number of rotatable bonds is 2. The van der Waals surface area contributed by atoms with Gasteiger partial charge in [0.15, 0.2) is 0 Å². The Kier molecular flexibility index (Phi) is 4.47. The van der Waals surface area contributed by atoms with E-state index in [1.165, 1.54) is 12.8 Å². The van der Waals surface area contributed by atoms with Crippen molar-refractivity contribution in [2.75, 3.05) is 6.54 Å². The van der Waals surface area contributed by atoms with Crippen LogP contribution in [0.15, 0.2) is 30.9 Å². The zero-order valence-electron chi connectivity index (χ0n) is 14.7. The second-order valence-corrected chi connectivity index (χ2v) is 7.36. The highest BCUT2D eigenvalue weighted by atomic mass is 16.2. The first kappa shape index (κ1) is 16.2. The zero-order chi connectivity index (χ0) is 17.2. The van der Waals surface area contributed by atoms with Gasteiger partial charge >= 0.3 is 0 Å². The molecular weight excluding hydrogens is 312 g/mol. The molecule has 4 rings (SSSR count). The van der Waals surface area contributed by atoms with Gasteiger partial charge in [-0.1, -0.05) is 6.92 Å². The molecule has 5 heteroatoms. The van der Waals surface area contributed by atoms with Gasteiger partial charge in [-0.15, -0.1) is 0 Å². The van der Waals surface area contributed by atoms with Crippen molar-refractivity contribution in [2.45, 2.75) is 45.6 Å². The second-order valence-electron chi connectivity index (χ2n) is 7.36. The van der Waals surface area contributed by atoms with Gasteiger partial charge in [0.25, 0.3) is 0 Å². The SMILES string of the molecule is CC1CCC(C(=O)N2CCc3ncnc(-c4cccnc4)c3C2)CC1. The smallest absolute Gasteiger partial charge is 0.225 e. The number of hydrogen-bond acceptors (Lipinski definition) is 4. The Balaban J connectivity index is 1.57. The van der Waals surface area contributed by atoms with Crippen molar-refractivity contribution in [1.82, 2.24) is 19.9 Å². The van der Waals surface area contributed by atoms with Gasteiger partial charge in [-0.3, -0.25) is 9.78 Å². The highest BCUT2D eigenvalue weighted by Crippen LogP contribution is 2.32. The van der Waals surface area contributed by atoms with E-state index in [1.54, 1.807) is 12.5 Å². The molecule has 1 amide bonds. The number of nitrogens with zero attached hydrogens (tertiary/aromatic N) is 4. The summed E-state index contributed by atoms with van der Waals surface area (Å²) >= 11 is 0. The number of fused-ring (bicyclic) bond motifs is 1. The fourth-order valence-corrected chi connectivity index (χ4v) is 4.05. The van der Waals surface area contributed by atoms with Gasteiger partial charge in [0.1, 0.15) is 6.33 Å². The maximum absolute atomic E-state index is 13.0. The van der Waals surface area contributed by atoms with E-state index in [0.29, 0.717) is 12.5 Å². The summed E-state index contributed by atoms with van der Waals surface area (Å²) in [6.07, 6.45) is 10.4. The van der Waals surface area contributed by atoms with Gasteiger partial charge in [0, 0.05) is 48.9 Å². The van der Waals surface area contributed by atoms with Crippen molar-refractivity contribution < 1.29 is 4.79 Å². The lowest BCUT2D eigenvalue weighted by atomic mass is 9.82. The average Bonchev–Trinajstić information content (AvgIpc) is 2.68. The normalized spacial score (nSPS) is 23.2. The Bertz CT molecular complexity index is 754. The molecule has 0 saturated heterocycles. The van der Waals surface area contributed by atoms with E-state index in [4.69, 9.17) is 0 Å². The van der Waals surface area contributed by atoms with Crippen LogP contribution < -0.4 is 0 Å². The van der Waals surface area contributed by atoms with Crippen LogP contribution in [-0.2, 0) is 17.8 Å². The molecule has 3 heterocycles. The lowest BCUT2D eigenvalue weighted by Gasteiger charge is -2.34. The molecule has 0 N–H and O–H groups in total. The van der Waals surface area contributed by atoms with Crippen LogP contribution in [0.1, 0.15) is 43.9 Å². The number of hydrogen-bond donors (Lipinski definition) is 0. The van der Waals surface area contributed by atoms with Crippen LogP contribution in [0, 0.1) is 11.8 Å². The third kappa shape index (κ3) is 3.28. The Hall–Kier alpha value is -2.30. The Labute approximate surface area is 148 Å². The summed E-state index contributed by atoms with van der Waals surface area (Å²) in [6, 6.07) is 3.93. The molecular formula is C20H24N4O. The van der Waals surface area contributed by atoms with Gasteiger partial charge < -0.3 is 4.90 Å². The van der Waals surface area contributed by atoms with Crippen LogP contribution in [0.5, 0.6) is 0 Å². The molecule has 0 radical (unpaired) electrons. The Morgan fingerprint density at radius 1 is 1.20 bits per heavy atom. The lowest BCUT2D eigenvalue weighted by molar-refractivity contribution is -0.137. The first-order valence-electron chi connectivity index (χ1n) is 9.24. The number of carbonyl (C=O) groups is 1. The van der Waals surface area contributed by atoms with Crippen molar-refractivity contribution in [1.29, 1.82) is 0 Å². The minimum absolute atomic E-state index is 0.198. The van der Waals surface area contributed by atoms with E-state index >= 15 is 0 Å². The van der Waals surface area contributed by atoms with Crippen molar-refractivity contribution in [3.8, 4) is 11.3 Å². The fourth-order valence-electron chi connectivity index (χ4n) is 4.05. The largest absolute Gasteiger partial charge is 0.338 e. The standard InChI is InChI=1S/C20H24N4O/c1-14-4-6-15(7-5-14)20(25)24-10-8-18-17(12-24)19(23-13-22-18)16-3-2-9-21-11-16/h2-3,9,11,13-15H,4-8,10,12H2,1H3. The van der Waals surface area contributed by atoms with Gasteiger partial charge in [-0.2, -0.15) is 0 Å². The van der Waals surface area contributed by atoms with Crippen LogP contribution in [0.4, 0.5) is 0 Å². The molecule has 2 aliphatic rings. The molecule has 0 unspecified atom stereocenters. The van der Waals surface area contributed by atoms with Crippen LogP contribution in [0.25, 0.3) is 11.3 Å². The summed E-state index contributed by atoms with van der Waals surface area (Å²) in [4.78, 5) is 28.2. The quantitative estimate of drug-likeness (QED) is 0.845. The molecule has 2 aromatic heterocycles. The molecule has 25 heavy (non-hydrogen) atoms. The summed E-state index contributed by atoms with van der Waals surface area (Å²) in [5.41, 5.74) is 4.05. The first-order chi connectivity index (χ1) is 12.2. The van der Waals surface area contributed by atoms with Gasteiger partial charge in [-0.25, -0.2) is 9.97 Å². The van der Waals surface area contributed by atoms with E-state index in [1.807, 2.05) is 23.2 Å². The van der Waals surface area contributed by atoms with Gasteiger partial charge in [0.05, 0.1) is 11.4 Å². The summed E-state index contributed by atoms with van der Waals surface area (Å²) in [5, 5.41) is 0. The summed E-state index contributed by atoms with van der Waals surface area (Å²) < 4.78 is 0. The number of carbonyl (C=O) groups excluding carboxylic acids is 1. The summed E-state index contributed by atoms with van der Waals surface area (Å²) in [6.45, 7) is 3.67. The number of amides is 1. The van der Waals surface area contributed by atoms with Crippen LogP contribution in [0.3, 0.4) is 0 Å². The zero-order valence-corrected chi connectivity index (χ0v) is 14.7. The molecule has 0 atom stereocenters.